The number of pyridine rings is 1. The second-order valence-electron chi connectivity index (χ2n) is 6.78. The van der Waals surface area contributed by atoms with E-state index in [1.807, 2.05) is 23.1 Å². The first kappa shape index (κ1) is 15.4. The van der Waals surface area contributed by atoms with Crippen molar-refractivity contribution >= 4 is 5.91 Å². The molecule has 0 aromatic carbocycles. The summed E-state index contributed by atoms with van der Waals surface area (Å²) in [7, 11) is 2.16. The first-order chi connectivity index (χ1) is 10.6. The van der Waals surface area contributed by atoms with Crippen molar-refractivity contribution in [2.45, 2.75) is 20.0 Å². The highest BCUT2D eigenvalue weighted by Gasteiger charge is 2.49. The van der Waals surface area contributed by atoms with E-state index >= 15 is 0 Å². The number of rotatable bonds is 4. The van der Waals surface area contributed by atoms with E-state index in [4.69, 9.17) is 4.74 Å². The number of carbonyl (C=O) groups is 1. The lowest BCUT2D eigenvalue weighted by Gasteiger charge is -2.30. The van der Waals surface area contributed by atoms with E-state index in [-0.39, 0.29) is 11.3 Å². The Morgan fingerprint density at radius 3 is 3.00 bits per heavy atom. The molecule has 1 amide bonds. The highest BCUT2D eigenvalue weighted by molar-refractivity contribution is 5.73. The summed E-state index contributed by atoms with van der Waals surface area (Å²) in [5, 5.41) is 0. The van der Waals surface area contributed by atoms with Crippen LogP contribution in [0.15, 0.2) is 24.4 Å². The van der Waals surface area contributed by atoms with Gasteiger partial charge in [0, 0.05) is 50.6 Å². The summed E-state index contributed by atoms with van der Waals surface area (Å²) < 4.78 is 5.94. The van der Waals surface area contributed by atoms with Gasteiger partial charge < -0.3 is 14.5 Å². The number of nitrogens with zero attached hydrogens (tertiary/aromatic N) is 3. The molecule has 120 valence electrons. The third-order valence-electron chi connectivity index (χ3n) is 5.11. The lowest BCUT2D eigenvalue weighted by molar-refractivity contribution is -0.128. The minimum absolute atomic E-state index is 0.194. The smallest absolute Gasteiger partial charge is 0.219 e. The Hall–Kier alpha value is -1.46. The Bertz CT molecular complexity index is 522. The molecule has 2 fully saturated rings. The lowest BCUT2D eigenvalue weighted by atomic mass is 9.77. The zero-order valence-corrected chi connectivity index (χ0v) is 13.5. The van der Waals surface area contributed by atoms with Gasteiger partial charge in [-0.2, -0.15) is 0 Å². The van der Waals surface area contributed by atoms with Crippen molar-refractivity contribution < 1.29 is 9.53 Å². The van der Waals surface area contributed by atoms with E-state index in [1.165, 1.54) is 0 Å². The van der Waals surface area contributed by atoms with Crippen molar-refractivity contribution in [3.63, 3.8) is 0 Å². The van der Waals surface area contributed by atoms with Crippen LogP contribution in [0.3, 0.4) is 0 Å². The van der Waals surface area contributed by atoms with Gasteiger partial charge in [-0.3, -0.25) is 9.78 Å². The predicted molar refractivity (Wildman–Crippen MR) is 84.2 cm³/mol. The molecular weight excluding hydrogens is 278 g/mol. The molecule has 3 heterocycles. The molecule has 5 nitrogen and oxygen atoms in total. The van der Waals surface area contributed by atoms with E-state index in [1.54, 1.807) is 13.1 Å². The molecule has 2 atom stereocenters. The Kier molecular flexibility index (Phi) is 4.45. The highest BCUT2D eigenvalue weighted by Crippen LogP contribution is 2.43. The van der Waals surface area contributed by atoms with Crippen LogP contribution in [0.1, 0.15) is 19.0 Å². The molecule has 1 aromatic rings. The Morgan fingerprint density at radius 1 is 1.45 bits per heavy atom. The van der Waals surface area contributed by atoms with Gasteiger partial charge in [0.1, 0.15) is 0 Å². The van der Waals surface area contributed by atoms with Crippen molar-refractivity contribution in [3.05, 3.63) is 30.1 Å². The molecule has 3 rings (SSSR count). The van der Waals surface area contributed by atoms with Crippen LogP contribution in [-0.4, -0.2) is 60.5 Å². The monoisotopic (exact) mass is 303 g/mol. The molecule has 0 N–H and O–H groups in total. The minimum atomic E-state index is 0.194. The number of carbonyl (C=O) groups excluding carboxylic acids is 1. The molecule has 0 unspecified atom stereocenters. The van der Waals surface area contributed by atoms with Crippen molar-refractivity contribution in [2.75, 3.05) is 39.8 Å². The number of aromatic nitrogens is 1. The van der Waals surface area contributed by atoms with E-state index in [2.05, 4.69) is 16.9 Å². The summed E-state index contributed by atoms with van der Waals surface area (Å²) in [6.45, 7) is 6.86. The van der Waals surface area contributed by atoms with Crippen molar-refractivity contribution in [2.24, 2.45) is 11.3 Å². The molecule has 0 radical (unpaired) electrons. The molecule has 22 heavy (non-hydrogen) atoms. The normalized spacial score (nSPS) is 28.6. The SMILES string of the molecule is CC(=O)N1CC[C@@]2(CN(C)C[C@H]2COCc2ccccn2)C1. The highest BCUT2D eigenvalue weighted by atomic mass is 16.5. The predicted octanol–water partition coefficient (Wildman–Crippen LogP) is 1.40. The van der Waals surface area contributed by atoms with Crippen LogP contribution in [0.2, 0.25) is 0 Å². The first-order valence-corrected chi connectivity index (χ1v) is 8.01. The van der Waals surface area contributed by atoms with Crippen LogP contribution in [-0.2, 0) is 16.1 Å². The summed E-state index contributed by atoms with van der Waals surface area (Å²) in [6.07, 6.45) is 2.89. The average molecular weight is 303 g/mol. The summed E-state index contributed by atoms with van der Waals surface area (Å²) in [6, 6.07) is 5.89. The van der Waals surface area contributed by atoms with Gasteiger partial charge in [0.25, 0.3) is 0 Å². The molecule has 1 spiro atoms. The zero-order valence-electron chi connectivity index (χ0n) is 13.5. The number of ether oxygens (including phenoxy) is 1. The van der Waals surface area contributed by atoms with Gasteiger partial charge in [0.15, 0.2) is 0 Å². The maximum absolute atomic E-state index is 11.6. The molecule has 2 saturated heterocycles. The summed E-state index contributed by atoms with van der Waals surface area (Å²) >= 11 is 0. The maximum Gasteiger partial charge on any atom is 0.219 e. The molecule has 0 saturated carbocycles. The molecule has 5 heteroatoms. The third kappa shape index (κ3) is 3.15. The number of amides is 1. The molecule has 0 bridgehead atoms. The molecule has 2 aliphatic rings. The van der Waals surface area contributed by atoms with Crippen LogP contribution in [0, 0.1) is 11.3 Å². The quantitative estimate of drug-likeness (QED) is 0.843. The first-order valence-electron chi connectivity index (χ1n) is 8.01. The van der Waals surface area contributed by atoms with Gasteiger partial charge in [-0.1, -0.05) is 6.07 Å². The Morgan fingerprint density at radius 2 is 2.32 bits per heavy atom. The van der Waals surface area contributed by atoms with Crippen LogP contribution >= 0.6 is 0 Å². The summed E-state index contributed by atoms with van der Waals surface area (Å²) in [5.74, 6) is 0.685. The average Bonchev–Trinajstić information content (AvgIpc) is 3.05. The van der Waals surface area contributed by atoms with Gasteiger partial charge in [0.2, 0.25) is 5.91 Å². The largest absolute Gasteiger partial charge is 0.375 e. The summed E-state index contributed by atoms with van der Waals surface area (Å²) in [4.78, 5) is 20.3. The van der Waals surface area contributed by atoms with E-state index in [0.29, 0.717) is 12.5 Å². The maximum atomic E-state index is 11.6. The minimum Gasteiger partial charge on any atom is -0.375 e. The van der Waals surface area contributed by atoms with Crippen molar-refractivity contribution in [1.82, 2.24) is 14.8 Å². The van der Waals surface area contributed by atoms with Crippen LogP contribution in [0.4, 0.5) is 0 Å². The van der Waals surface area contributed by atoms with E-state index < -0.39 is 0 Å². The van der Waals surface area contributed by atoms with Crippen molar-refractivity contribution in [3.8, 4) is 0 Å². The number of hydrogen-bond acceptors (Lipinski definition) is 4. The van der Waals surface area contributed by atoms with E-state index in [0.717, 1.165) is 44.9 Å². The molecule has 1 aromatic heterocycles. The molecule has 0 aliphatic carbocycles. The third-order valence-corrected chi connectivity index (χ3v) is 5.11. The second-order valence-corrected chi connectivity index (χ2v) is 6.78. The molecule has 2 aliphatic heterocycles. The summed E-state index contributed by atoms with van der Waals surface area (Å²) in [5.41, 5.74) is 1.18. The van der Waals surface area contributed by atoms with Gasteiger partial charge in [-0.25, -0.2) is 0 Å². The van der Waals surface area contributed by atoms with Gasteiger partial charge in [-0.05, 0) is 25.6 Å². The second kappa shape index (κ2) is 6.34. The Labute approximate surface area is 132 Å². The van der Waals surface area contributed by atoms with Gasteiger partial charge >= 0.3 is 0 Å². The Balaban J connectivity index is 1.58. The fraction of sp³-hybridized carbons (Fsp3) is 0.647. The number of hydrogen-bond donors (Lipinski definition) is 0. The van der Waals surface area contributed by atoms with E-state index in [9.17, 15) is 4.79 Å². The van der Waals surface area contributed by atoms with Crippen LogP contribution in [0.5, 0.6) is 0 Å². The lowest BCUT2D eigenvalue weighted by Crippen LogP contribution is -2.37. The fourth-order valence-corrected chi connectivity index (χ4v) is 3.95. The topological polar surface area (TPSA) is 45.7 Å². The number of likely N-dealkylation sites (tertiary alicyclic amines) is 2. The van der Waals surface area contributed by atoms with Gasteiger partial charge in [0.05, 0.1) is 18.9 Å². The van der Waals surface area contributed by atoms with Crippen LogP contribution < -0.4 is 0 Å². The molecular formula is C17H25N3O2. The van der Waals surface area contributed by atoms with Crippen molar-refractivity contribution in [1.29, 1.82) is 0 Å². The fourth-order valence-electron chi connectivity index (χ4n) is 3.95. The zero-order chi connectivity index (χ0) is 15.6. The van der Waals surface area contributed by atoms with Gasteiger partial charge in [-0.15, -0.1) is 0 Å². The standard InChI is InChI=1S/C17H25N3O2/c1-14(21)20-8-6-17(13-20)12-19(2)9-15(17)10-22-11-16-5-3-4-7-18-16/h3-5,7,15H,6,8-13H2,1-2H3/t15-,17+/m0/s1. The van der Waals surface area contributed by atoms with Crippen LogP contribution in [0.25, 0.3) is 0 Å².